The molecule has 1 atom stereocenters. The first-order valence-corrected chi connectivity index (χ1v) is 5.42. The molecule has 0 amide bonds. The van der Waals surface area contributed by atoms with Crippen LogP contribution in [0.2, 0.25) is 0 Å². The summed E-state index contributed by atoms with van der Waals surface area (Å²) in [5, 5.41) is 4.37. The summed E-state index contributed by atoms with van der Waals surface area (Å²) in [6.07, 6.45) is 3.35. The summed E-state index contributed by atoms with van der Waals surface area (Å²) in [5.74, 6) is 0.640. The number of nitrogens with two attached hydrogens (primary N) is 1. The fourth-order valence-corrected chi connectivity index (χ4v) is 1.76. The van der Waals surface area contributed by atoms with E-state index in [1.807, 2.05) is 19.9 Å². The third-order valence-electron chi connectivity index (χ3n) is 2.44. The SMILES string of the molecule is Cc1nn(C(C)c2ccoc2)c(N)c1Br. The Morgan fingerprint density at radius 3 is 2.80 bits per heavy atom. The molecule has 0 aromatic carbocycles. The average Bonchev–Trinajstić information content (AvgIpc) is 2.82. The maximum atomic E-state index is 5.93. The van der Waals surface area contributed by atoms with Crippen LogP contribution in [0.1, 0.15) is 24.2 Å². The van der Waals surface area contributed by atoms with Crippen molar-refractivity contribution >= 4 is 21.7 Å². The number of hydrogen-bond donors (Lipinski definition) is 1. The van der Waals surface area contributed by atoms with E-state index in [4.69, 9.17) is 10.2 Å². The van der Waals surface area contributed by atoms with E-state index in [9.17, 15) is 0 Å². The monoisotopic (exact) mass is 269 g/mol. The van der Waals surface area contributed by atoms with Crippen molar-refractivity contribution in [3.05, 3.63) is 34.3 Å². The number of anilines is 1. The highest BCUT2D eigenvalue weighted by Gasteiger charge is 2.16. The molecule has 2 aromatic rings. The Kier molecular flexibility index (Phi) is 2.56. The van der Waals surface area contributed by atoms with Crippen LogP contribution in [0.25, 0.3) is 0 Å². The van der Waals surface area contributed by atoms with Crippen LogP contribution in [0.3, 0.4) is 0 Å². The van der Waals surface area contributed by atoms with Crippen molar-refractivity contribution in [2.45, 2.75) is 19.9 Å². The van der Waals surface area contributed by atoms with E-state index in [1.165, 1.54) is 0 Å². The Morgan fingerprint density at radius 1 is 1.60 bits per heavy atom. The van der Waals surface area contributed by atoms with Gasteiger partial charge >= 0.3 is 0 Å². The van der Waals surface area contributed by atoms with Crippen LogP contribution in [0.5, 0.6) is 0 Å². The third-order valence-corrected chi connectivity index (χ3v) is 3.42. The number of hydrogen-bond acceptors (Lipinski definition) is 3. The topological polar surface area (TPSA) is 57.0 Å². The summed E-state index contributed by atoms with van der Waals surface area (Å²) in [7, 11) is 0. The van der Waals surface area contributed by atoms with Crippen LogP contribution in [-0.4, -0.2) is 9.78 Å². The second kappa shape index (κ2) is 3.73. The Morgan fingerprint density at radius 2 is 2.33 bits per heavy atom. The summed E-state index contributed by atoms with van der Waals surface area (Å²) < 4.78 is 7.68. The maximum absolute atomic E-state index is 5.93. The van der Waals surface area contributed by atoms with Crippen LogP contribution < -0.4 is 5.73 Å². The van der Waals surface area contributed by atoms with Crippen molar-refractivity contribution in [1.82, 2.24) is 9.78 Å². The zero-order chi connectivity index (χ0) is 11.0. The molecule has 2 rings (SSSR count). The normalized spacial score (nSPS) is 13.0. The number of nitrogen functional groups attached to an aromatic ring is 1. The van der Waals surface area contributed by atoms with Crippen molar-refractivity contribution < 1.29 is 4.42 Å². The molecular formula is C10H12BrN3O. The maximum Gasteiger partial charge on any atom is 0.137 e. The molecule has 0 aliphatic heterocycles. The molecule has 0 saturated heterocycles. The molecule has 0 fully saturated rings. The van der Waals surface area contributed by atoms with Gasteiger partial charge in [-0.15, -0.1) is 0 Å². The molecule has 0 aliphatic rings. The first-order valence-electron chi connectivity index (χ1n) is 4.63. The van der Waals surface area contributed by atoms with Crippen molar-refractivity contribution in [2.75, 3.05) is 5.73 Å². The van der Waals surface area contributed by atoms with Crippen LogP contribution in [0.15, 0.2) is 27.5 Å². The molecule has 15 heavy (non-hydrogen) atoms. The largest absolute Gasteiger partial charge is 0.472 e. The highest BCUT2D eigenvalue weighted by Crippen LogP contribution is 2.28. The van der Waals surface area contributed by atoms with E-state index < -0.39 is 0 Å². The second-order valence-corrected chi connectivity index (χ2v) is 4.25. The lowest BCUT2D eigenvalue weighted by atomic mass is 10.2. The zero-order valence-electron chi connectivity index (χ0n) is 8.57. The van der Waals surface area contributed by atoms with E-state index in [0.717, 1.165) is 15.7 Å². The third kappa shape index (κ3) is 1.67. The van der Waals surface area contributed by atoms with E-state index in [-0.39, 0.29) is 6.04 Å². The number of furan rings is 1. The van der Waals surface area contributed by atoms with Gasteiger partial charge < -0.3 is 10.2 Å². The smallest absolute Gasteiger partial charge is 0.137 e. The number of aryl methyl sites for hydroxylation is 1. The van der Waals surface area contributed by atoms with Gasteiger partial charge in [0.1, 0.15) is 5.82 Å². The number of halogens is 1. The molecule has 0 saturated carbocycles. The highest BCUT2D eigenvalue weighted by atomic mass is 79.9. The standard InChI is InChI=1S/C10H12BrN3O/c1-6-9(11)10(12)14(13-6)7(2)8-3-4-15-5-8/h3-5,7H,12H2,1-2H3. The van der Waals surface area contributed by atoms with Gasteiger partial charge in [0.15, 0.2) is 0 Å². The van der Waals surface area contributed by atoms with Gasteiger partial charge in [-0.3, -0.25) is 0 Å². The molecule has 0 spiro atoms. The minimum Gasteiger partial charge on any atom is -0.472 e. The Balaban J connectivity index is 2.42. The summed E-state index contributed by atoms with van der Waals surface area (Å²) in [6.45, 7) is 3.94. The minimum atomic E-state index is 0.0775. The van der Waals surface area contributed by atoms with Crippen LogP contribution in [-0.2, 0) is 0 Å². The van der Waals surface area contributed by atoms with E-state index in [1.54, 1.807) is 17.2 Å². The predicted molar refractivity (Wildman–Crippen MR) is 61.6 cm³/mol. The highest BCUT2D eigenvalue weighted by molar-refractivity contribution is 9.10. The van der Waals surface area contributed by atoms with Gasteiger partial charge in [0.25, 0.3) is 0 Å². The molecule has 0 radical (unpaired) electrons. The molecule has 80 valence electrons. The van der Waals surface area contributed by atoms with E-state index in [0.29, 0.717) is 5.82 Å². The van der Waals surface area contributed by atoms with Gasteiger partial charge in [0, 0.05) is 5.56 Å². The van der Waals surface area contributed by atoms with Crippen LogP contribution >= 0.6 is 15.9 Å². The van der Waals surface area contributed by atoms with Crippen LogP contribution in [0.4, 0.5) is 5.82 Å². The molecular weight excluding hydrogens is 258 g/mol. The molecule has 4 nitrogen and oxygen atoms in total. The first-order chi connectivity index (χ1) is 7.11. The van der Waals surface area contributed by atoms with Crippen molar-refractivity contribution in [2.24, 2.45) is 0 Å². The van der Waals surface area contributed by atoms with Crippen LogP contribution in [0, 0.1) is 6.92 Å². The van der Waals surface area contributed by atoms with Crippen molar-refractivity contribution in [1.29, 1.82) is 0 Å². The molecule has 2 N–H and O–H groups in total. The lowest BCUT2D eigenvalue weighted by Gasteiger charge is -2.11. The molecule has 0 aliphatic carbocycles. The summed E-state index contributed by atoms with van der Waals surface area (Å²) in [5.41, 5.74) is 7.88. The summed E-state index contributed by atoms with van der Waals surface area (Å²) in [6, 6.07) is 1.99. The fraction of sp³-hybridized carbons (Fsp3) is 0.300. The molecule has 1 unspecified atom stereocenters. The molecule has 0 bridgehead atoms. The van der Waals surface area contributed by atoms with Crippen molar-refractivity contribution in [3.8, 4) is 0 Å². The second-order valence-electron chi connectivity index (χ2n) is 3.46. The Hall–Kier alpha value is -1.23. The molecule has 2 heterocycles. The summed E-state index contributed by atoms with van der Waals surface area (Å²) in [4.78, 5) is 0. The summed E-state index contributed by atoms with van der Waals surface area (Å²) >= 11 is 3.40. The number of nitrogens with zero attached hydrogens (tertiary/aromatic N) is 2. The molecule has 2 aromatic heterocycles. The van der Waals surface area contributed by atoms with Crippen molar-refractivity contribution in [3.63, 3.8) is 0 Å². The Labute approximate surface area is 96.2 Å². The van der Waals surface area contributed by atoms with Gasteiger partial charge in [-0.1, -0.05) is 0 Å². The first kappa shape index (κ1) is 10.3. The zero-order valence-corrected chi connectivity index (χ0v) is 10.2. The number of aromatic nitrogens is 2. The quantitative estimate of drug-likeness (QED) is 0.912. The van der Waals surface area contributed by atoms with E-state index >= 15 is 0 Å². The average molecular weight is 270 g/mol. The number of rotatable bonds is 2. The lowest BCUT2D eigenvalue weighted by Crippen LogP contribution is -2.10. The fourth-order valence-electron chi connectivity index (χ4n) is 1.49. The molecule has 5 heteroatoms. The van der Waals surface area contributed by atoms with Gasteiger partial charge in [-0.2, -0.15) is 5.10 Å². The lowest BCUT2D eigenvalue weighted by molar-refractivity contribution is 0.535. The van der Waals surface area contributed by atoms with Gasteiger partial charge in [0.2, 0.25) is 0 Å². The van der Waals surface area contributed by atoms with Gasteiger partial charge in [0.05, 0.1) is 28.7 Å². The van der Waals surface area contributed by atoms with Gasteiger partial charge in [-0.05, 0) is 35.8 Å². The van der Waals surface area contributed by atoms with E-state index in [2.05, 4.69) is 21.0 Å². The minimum absolute atomic E-state index is 0.0775. The van der Waals surface area contributed by atoms with Gasteiger partial charge in [-0.25, -0.2) is 4.68 Å². The predicted octanol–water partition coefficient (Wildman–Crippen LogP) is 2.74. The Bertz CT molecular complexity index is 461.